The zero-order valence-electron chi connectivity index (χ0n) is 11.7. The third-order valence-electron chi connectivity index (χ3n) is 4.03. The predicted molar refractivity (Wildman–Crippen MR) is 84.3 cm³/mol. The number of hydrogen-bond acceptors (Lipinski definition) is 3. The van der Waals surface area contributed by atoms with Crippen molar-refractivity contribution in [2.24, 2.45) is 0 Å². The van der Waals surface area contributed by atoms with Gasteiger partial charge in [0, 0.05) is 37.1 Å². The number of carbonyl (C=O) groups excluding carboxylic acids is 1. The monoisotopic (exact) mass is 297 g/mol. The largest absolute Gasteiger partial charge is 0.344 e. The maximum Gasteiger partial charge on any atom is 0.224 e. The predicted octanol–water partition coefficient (Wildman–Crippen LogP) is 3.17. The zero-order chi connectivity index (χ0) is 14.4. The van der Waals surface area contributed by atoms with Crippen molar-refractivity contribution in [3.8, 4) is 10.7 Å². The topological polar surface area (TPSA) is 38.1 Å². The highest BCUT2D eigenvalue weighted by atomic mass is 32.1. The van der Waals surface area contributed by atoms with Gasteiger partial charge in [-0.15, -0.1) is 11.3 Å². The fourth-order valence-corrected chi connectivity index (χ4v) is 3.98. The fraction of sp³-hybridized carbons (Fsp3) is 0.250. The molecule has 0 bridgehead atoms. The molecule has 0 saturated carbocycles. The van der Waals surface area contributed by atoms with Crippen molar-refractivity contribution < 1.29 is 4.79 Å². The van der Waals surface area contributed by atoms with Crippen LogP contribution in [0.25, 0.3) is 20.8 Å². The maximum atomic E-state index is 11.8. The molecule has 0 aliphatic carbocycles. The zero-order valence-corrected chi connectivity index (χ0v) is 12.5. The number of nitrogens with zero attached hydrogens (tertiary/aromatic N) is 3. The number of aromatic nitrogens is 2. The third kappa shape index (κ3) is 2.05. The lowest BCUT2D eigenvalue weighted by Crippen LogP contribution is -2.19. The lowest BCUT2D eigenvalue weighted by molar-refractivity contribution is -0.126. The van der Waals surface area contributed by atoms with Crippen molar-refractivity contribution in [3.63, 3.8) is 0 Å². The number of fused-ring (bicyclic) bond motifs is 1. The first kappa shape index (κ1) is 12.6. The molecule has 2 aromatic heterocycles. The van der Waals surface area contributed by atoms with E-state index in [1.165, 1.54) is 10.1 Å². The number of rotatable bonds is 2. The van der Waals surface area contributed by atoms with Gasteiger partial charge >= 0.3 is 0 Å². The van der Waals surface area contributed by atoms with Crippen LogP contribution < -0.4 is 0 Å². The van der Waals surface area contributed by atoms with Crippen LogP contribution >= 0.6 is 11.3 Å². The highest BCUT2D eigenvalue weighted by Gasteiger charge is 2.29. The molecule has 1 saturated heterocycles. The van der Waals surface area contributed by atoms with Crippen LogP contribution in [0.3, 0.4) is 0 Å². The Morgan fingerprint density at radius 3 is 2.95 bits per heavy atom. The molecule has 5 heteroatoms. The quantitative estimate of drug-likeness (QED) is 0.728. The van der Waals surface area contributed by atoms with Gasteiger partial charge in [-0.05, 0) is 17.5 Å². The van der Waals surface area contributed by atoms with E-state index in [1.54, 1.807) is 16.2 Å². The van der Waals surface area contributed by atoms with E-state index < -0.39 is 0 Å². The van der Waals surface area contributed by atoms with E-state index in [-0.39, 0.29) is 11.9 Å². The normalized spacial score (nSPS) is 18.8. The molecule has 0 spiro atoms. The molecule has 1 atom stereocenters. The molecule has 3 heterocycles. The maximum absolute atomic E-state index is 11.8. The van der Waals surface area contributed by atoms with E-state index in [4.69, 9.17) is 0 Å². The second-order valence-corrected chi connectivity index (χ2v) is 6.52. The van der Waals surface area contributed by atoms with Gasteiger partial charge in [-0.1, -0.05) is 18.2 Å². The van der Waals surface area contributed by atoms with Crippen molar-refractivity contribution in [2.75, 3.05) is 13.6 Å². The molecule has 1 aromatic carbocycles. The summed E-state index contributed by atoms with van der Waals surface area (Å²) in [5, 5.41) is 1.24. The van der Waals surface area contributed by atoms with Crippen LogP contribution in [0.5, 0.6) is 0 Å². The van der Waals surface area contributed by atoms with E-state index in [1.807, 2.05) is 19.4 Å². The highest BCUT2D eigenvalue weighted by molar-refractivity contribution is 7.22. The fourth-order valence-electron chi connectivity index (χ4n) is 2.92. The van der Waals surface area contributed by atoms with E-state index in [9.17, 15) is 4.79 Å². The Labute approximate surface area is 126 Å². The van der Waals surface area contributed by atoms with Gasteiger partial charge in [0.1, 0.15) is 5.82 Å². The molecule has 106 valence electrons. The molecule has 1 aliphatic rings. The van der Waals surface area contributed by atoms with Gasteiger partial charge in [0.05, 0.1) is 10.9 Å². The second-order valence-electron chi connectivity index (χ2n) is 5.44. The van der Waals surface area contributed by atoms with E-state index in [0.29, 0.717) is 6.42 Å². The molecule has 1 aliphatic heterocycles. The minimum Gasteiger partial charge on any atom is -0.344 e. The number of carbonyl (C=O) groups is 1. The van der Waals surface area contributed by atoms with Gasteiger partial charge in [0.25, 0.3) is 0 Å². The standard InChI is InChI=1S/C16H15N3OS/c1-18-10-12(9-15(18)20)19-7-6-17-16(19)14-8-11-4-2-3-5-13(11)21-14/h2-8,12H,9-10H2,1H3. The number of amides is 1. The first-order valence-electron chi connectivity index (χ1n) is 6.98. The van der Waals surface area contributed by atoms with Crippen LogP contribution in [0.15, 0.2) is 42.7 Å². The van der Waals surface area contributed by atoms with Crippen molar-refractivity contribution >= 4 is 27.3 Å². The van der Waals surface area contributed by atoms with Gasteiger partial charge in [0.15, 0.2) is 0 Å². The lowest BCUT2D eigenvalue weighted by Gasteiger charge is -2.14. The number of benzene rings is 1. The summed E-state index contributed by atoms with van der Waals surface area (Å²) in [6.45, 7) is 0.757. The number of thiophene rings is 1. The molecule has 3 aromatic rings. The first-order valence-corrected chi connectivity index (χ1v) is 7.80. The van der Waals surface area contributed by atoms with Gasteiger partial charge in [0.2, 0.25) is 5.91 Å². The Morgan fingerprint density at radius 1 is 1.33 bits per heavy atom. The molecule has 21 heavy (non-hydrogen) atoms. The Kier molecular flexibility index (Phi) is 2.82. The number of hydrogen-bond donors (Lipinski definition) is 0. The molecular formula is C16H15N3OS. The van der Waals surface area contributed by atoms with Crippen molar-refractivity contribution in [2.45, 2.75) is 12.5 Å². The molecule has 0 radical (unpaired) electrons. The molecule has 1 fully saturated rings. The van der Waals surface area contributed by atoms with Crippen LogP contribution in [0.4, 0.5) is 0 Å². The average Bonchev–Trinajstić information content (AvgIpc) is 3.17. The Morgan fingerprint density at radius 2 is 2.19 bits per heavy atom. The summed E-state index contributed by atoms with van der Waals surface area (Å²) >= 11 is 1.75. The summed E-state index contributed by atoms with van der Waals surface area (Å²) in [6.07, 6.45) is 4.37. The minimum absolute atomic E-state index is 0.185. The van der Waals surface area contributed by atoms with Gasteiger partial charge < -0.3 is 9.47 Å². The Hall–Kier alpha value is -2.14. The Balaban J connectivity index is 1.76. The van der Waals surface area contributed by atoms with Crippen LogP contribution in [-0.4, -0.2) is 34.0 Å². The molecule has 4 nitrogen and oxygen atoms in total. The average molecular weight is 297 g/mol. The molecular weight excluding hydrogens is 282 g/mol. The Bertz CT molecular complexity index is 787. The third-order valence-corrected chi connectivity index (χ3v) is 5.14. The number of imidazole rings is 1. The molecule has 1 unspecified atom stereocenters. The van der Waals surface area contributed by atoms with Crippen LogP contribution in [0.1, 0.15) is 12.5 Å². The van der Waals surface area contributed by atoms with Crippen LogP contribution in [0, 0.1) is 0 Å². The lowest BCUT2D eigenvalue weighted by atomic mass is 10.2. The summed E-state index contributed by atoms with van der Waals surface area (Å²) < 4.78 is 3.41. The van der Waals surface area contributed by atoms with Gasteiger partial charge in [-0.3, -0.25) is 4.79 Å². The highest BCUT2D eigenvalue weighted by Crippen LogP contribution is 2.35. The van der Waals surface area contributed by atoms with E-state index >= 15 is 0 Å². The summed E-state index contributed by atoms with van der Waals surface area (Å²) in [4.78, 5) is 19.2. The first-order chi connectivity index (χ1) is 10.2. The molecule has 0 N–H and O–H groups in total. The molecule has 4 rings (SSSR count). The van der Waals surface area contributed by atoms with Crippen molar-refractivity contribution in [3.05, 3.63) is 42.7 Å². The van der Waals surface area contributed by atoms with E-state index in [0.717, 1.165) is 17.2 Å². The smallest absolute Gasteiger partial charge is 0.224 e. The van der Waals surface area contributed by atoms with Crippen LogP contribution in [0.2, 0.25) is 0 Å². The second kappa shape index (κ2) is 4.70. The van der Waals surface area contributed by atoms with Crippen LogP contribution in [-0.2, 0) is 4.79 Å². The van der Waals surface area contributed by atoms with Gasteiger partial charge in [-0.25, -0.2) is 4.98 Å². The summed E-state index contributed by atoms with van der Waals surface area (Å²) in [7, 11) is 1.86. The minimum atomic E-state index is 0.185. The van der Waals surface area contributed by atoms with Crippen molar-refractivity contribution in [1.82, 2.24) is 14.5 Å². The summed E-state index contributed by atoms with van der Waals surface area (Å²) in [6, 6.07) is 10.7. The SMILES string of the molecule is CN1CC(n2ccnc2-c2cc3ccccc3s2)CC1=O. The summed E-state index contributed by atoms with van der Waals surface area (Å²) in [5.41, 5.74) is 0. The van der Waals surface area contributed by atoms with E-state index in [2.05, 4.69) is 39.9 Å². The van der Waals surface area contributed by atoms with Crippen molar-refractivity contribution in [1.29, 1.82) is 0 Å². The number of likely N-dealkylation sites (tertiary alicyclic amines) is 1. The summed E-state index contributed by atoms with van der Waals surface area (Å²) in [5.74, 6) is 1.17. The number of likely N-dealkylation sites (N-methyl/N-ethyl adjacent to an activating group) is 1. The van der Waals surface area contributed by atoms with Gasteiger partial charge in [-0.2, -0.15) is 0 Å². The molecule has 1 amide bonds.